The van der Waals surface area contributed by atoms with Gasteiger partial charge in [-0.15, -0.1) is 0 Å². The number of aromatic hydroxyl groups is 1. The molecule has 1 aromatic rings. The van der Waals surface area contributed by atoms with E-state index in [-0.39, 0.29) is 0 Å². The van der Waals surface area contributed by atoms with Crippen LogP contribution < -0.4 is 0 Å². The molecule has 58 valence electrons. The van der Waals surface area contributed by atoms with Gasteiger partial charge in [0.15, 0.2) is 6.29 Å². The zero-order chi connectivity index (χ0) is 9.26. The van der Waals surface area contributed by atoms with Crippen molar-refractivity contribution in [2.24, 2.45) is 0 Å². The van der Waals surface area contributed by atoms with Crippen LogP contribution >= 0.6 is 0 Å². The molecule has 0 radical (unpaired) electrons. The van der Waals surface area contributed by atoms with Crippen LogP contribution in [0.1, 0.15) is 17.4 Å². The fourth-order valence-corrected chi connectivity index (χ4v) is 1.19. The summed E-state index contributed by atoms with van der Waals surface area (Å²) < 4.78 is 18.6. The molecule has 1 aromatic carbocycles. The van der Waals surface area contributed by atoms with Crippen LogP contribution in [0.5, 0.6) is 5.75 Å². The van der Waals surface area contributed by atoms with Crippen molar-refractivity contribution in [1.82, 2.24) is 0 Å². The Labute approximate surface area is 66.8 Å². The molecular weight excluding hydrogens is 144 g/mol. The number of fused-ring (bicyclic) bond motifs is 1. The maximum absolute atomic E-state index is 6.74. The molecule has 1 atom stereocenters. The SMILES string of the molecule is [2H]Oc1ccc2c(c1)COC2O[2H]. The van der Waals surface area contributed by atoms with Crippen molar-refractivity contribution in [1.29, 1.82) is 2.86 Å². The third-order valence-corrected chi connectivity index (χ3v) is 1.76. The Morgan fingerprint density at radius 3 is 3.45 bits per heavy atom. The Morgan fingerprint density at radius 2 is 2.64 bits per heavy atom. The zero-order valence-corrected chi connectivity index (χ0v) is 5.74. The fraction of sp³-hybridized carbons (Fsp3) is 0.250. The van der Waals surface area contributed by atoms with Gasteiger partial charge in [0.2, 0.25) is 1.43 Å². The van der Waals surface area contributed by atoms with Gasteiger partial charge in [-0.1, -0.05) is 0 Å². The normalized spacial score (nSPS) is 23.8. The minimum Gasteiger partial charge on any atom is -0.508 e. The lowest BCUT2D eigenvalue weighted by atomic mass is 10.1. The summed E-state index contributed by atoms with van der Waals surface area (Å²) in [5.41, 5.74) is 1.73. The van der Waals surface area contributed by atoms with Crippen LogP contribution in [0.2, 0.25) is 0 Å². The molecule has 0 spiro atoms. The van der Waals surface area contributed by atoms with Gasteiger partial charge in [0.05, 0.1) is 6.61 Å². The molecule has 0 aliphatic carbocycles. The van der Waals surface area contributed by atoms with Crippen molar-refractivity contribution >= 4 is 0 Å². The van der Waals surface area contributed by atoms with E-state index >= 15 is 0 Å². The van der Waals surface area contributed by atoms with Crippen LogP contribution in [0.4, 0.5) is 0 Å². The van der Waals surface area contributed by atoms with Crippen LogP contribution in [-0.4, -0.2) is 13.1 Å². The van der Waals surface area contributed by atoms with Gasteiger partial charge in [-0.25, -0.2) is 0 Å². The number of aliphatic hydroxyl groups excluding tert-OH is 1. The molecule has 0 saturated heterocycles. The van der Waals surface area contributed by atoms with Crippen LogP contribution in [0.3, 0.4) is 0 Å². The van der Waals surface area contributed by atoms with Gasteiger partial charge < -0.3 is 15.0 Å². The highest BCUT2D eigenvalue weighted by Crippen LogP contribution is 2.30. The first-order chi connectivity index (χ1) is 6.35. The molecule has 1 unspecified atom stereocenters. The summed E-state index contributed by atoms with van der Waals surface area (Å²) in [6, 6.07) is 5.10. The Bertz CT molecular complexity index is 316. The van der Waals surface area contributed by atoms with Crippen LogP contribution in [-0.2, 0) is 11.3 Å². The monoisotopic (exact) mass is 154 g/mol. The molecule has 3 heteroatoms. The van der Waals surface area contributed by atoms with Crippen LogP contribution in [0.15, 0.2) is 18.2 Å². The van der Waals surface area contributed by atoms with E-state index in [1.165, 1.54) is 0 Å². The predicted octanol–water partition coefficient (Wildman–Crippen LogP) is 0.913. The summed E-state index contributed by atoms with van der Waals surface area (Å²) in [5, 5.41) is 8.67. The Hall–Kier alpha value is -1.06. The zero-order valence-electron chi connectivity index (χ0n) is 7.74. The summed E-state index contributed by atoms with van der Waals surface area (Å²) in [7, 11) is 0. The molecule has 2 rings (SSSR count). The number of hydrogen-bond acceptors (Lipinski definition) is 3. The van der Waals surface area contributed by atoms with E-state index in [1.807, 2.05) is 0 Å². The number of phenolic OH excluding ortho intramolecular Hbond substituents is 1. The molecule has 0 fully saturated rings. The lowest BCUT2D eigenvalue weighted by Crippen LogP contribution is -1.91. The molecule has 2 N–H and O–H groups in total. The van der Waals surface area contributed by atoms with Gasteiger partial charge in [-0.2, -0.15) is 0 Å². The molecule has 0 amide bonds. The fourth-order valence-electron chi connectivity index (χ4n) is 1.19. The molecule has 1 aliphatic heterocycles. The first-order valence-electron chi connectivity index (χ1n) is 4.16. The van der Waals surface area contributed by atoms with Crippen molar-refractivity contribution in [3.8, 4) is 5.75 Å². The molecule has 1 heterocycles. The molecule has 3 nitrogen and oxygen atoms in total. The third-order valence-electron chi connectivity index (χ3n) is 1.76. The van der Waals surface area contributed by atoms with E-state index in [0.29, 0.717) is 12.4 Å². The highest BCUT2D eigenvalue weighted by atomic mass is 16.6. The number of benzene rings is 1. The number of rotatable bonds is 2. The first kappa shape index (κ1) is 4.74. The summed E-state index contributed by atoms with van der Waals surface area (Å²) in [5.74, 6) is 0.466. The van der Waals surface area contributed by atoms with E-state index in [9.17, 15) is 0 Å². The number of hydrogen-bond donors (Lipinski definition) is 2. The van der Waals surface area contributed by atoms with Crippen molar-refractivity contribution < 1.29 is 15.0 Å². The largest absolute Gasteiger partial charge is 0.508 e. The van der Waals surface area contributed by atoms with E-state index in [1.54, 1.807) is 18.2 Å². The predicted molar refractivity (Wildman–Crippen MR) is 37.9 cm³/mol. The minimum atomic E-state index is -0.602. The number of aliphatic hydroxyl groups is 1. The molecular formula is C8H8O3. The quantitative estimate of drug-likeness (QED) is 0.665. The summed E-state index contributed by atoms with van der Waals surface area (Å²) in [6.07, 6.45) is -0.602. The van der Waals surface area contributed by atoms with Crippen molar-refractivity contribution in [3.05, 3.63) is 29.3 Å². The third kappa shape index (κ3) is 0.982. The average Bonchev–Trinajstić information content (AvgIpc) is 2.59. The molecule has 0 saturated carbocycles. The Balaban J connectivity index is 2.34. The van der Waals surface area contributed by atoms with Crippen molar-refractivity contribution in [2.45, 2.75) is 12.9 Å². The summed E-state index contributed by atoms with van der Waals surface area (Å²) >= 11 is 0. The highest BCUT2D eigenvalue weighted by molar-refractivity contribution is 5.36. The molecule has 1 aliphatic rings. The topological polar surface area (TPSA) is 49.7 Å². The van der Waals surface area contributed by atoms with Gasteiger partial charge in [-0.3, -0.25) is 0 Å². The van der Waals surface area contributed by atoms with Crippen molar-refractivity contribution in [2.75, 3.05) is 0 Å². The lowest BCUT2D eigenvalue weighted by molar-refractivity contribution is -0.0918. The van der Waals surface area contributed by atoms with Crippen LogP contribution in [0, 0.1) is 0 Å². The Kier molecular flexibility index (Phi) is 0.957. The Morgan fingerprint density at radius 1 is 1.64 bits per heavy atom. The van der Waals surface area contributed by atoms with E-state index in [2.05, 4.69) is 10.2 Å². The molecule has 0 bridgehead atoms. The van der Waals surface area contributed by atoms with Gasteiger partial charge in [0, 0.05) is 5.56 Å². The number of phenols is 1. The summed E-state index contributed by atoms with van der Waals surface area (Å²) in [6.45, 7) is 0.399. The number of ether oxygens (including phenoxy) is 1. The molecule has 0 aromatic heterocycles. The second-order valence-electron chi connectivity index (χ2n) is 2.50. The van der Waals surface area contributed by atoms with E-state index in [4.69, 9.17) is 7.60 Å². The second kappa shape index (κ2) is 2.22. The standard InChI is InChI=1S/C8H8O3/c9-6-1-2-7-5(3-6)4-11-8(7)10/h1-3,8-10H,4H2/i10D/hD. The van der Waals surface area contributed by atoms with Gasteiger partial charge in [0.1, 0.15) is 5.75 Å². The van der Waals surface area contributed by atoms with Crippen LogP contribution in [0.25, 0.3) is 0 Å². The van der Waals surface area contributed by atoms with E-state index in [0.717, 1.165) is 11.1 Å². The van der Waals surface area contributed by atoms with E-state index < -0.39 is 6.29 Å². The minimum absolute atomic E-state index is 0.399. The summed E-state index contributed by atoms with van der Waals surface area (Å²) in [4.78, 5) is 0. The maximum atomic E-state index is 6.74. The molecule has 11 heavy (non-hydrogen) atoms. The lowest BCUT2D eigenvalue weighted by Gasteiger charge is -2.00. The van der Waals surface area contributed by atoms with Gasteiger partial charge in [0.25, 0.3) is 1.43 Å². The average molecular weight is 154 g/mol. The van der Waals surface area contributed by atoms with Gasteiger partial charge >= 0.3 is 0 Å². The second-order valence-corrected chi connectivity index (χ2v) is 2.50. The van der Waals surface area contributed by atoms with Gasteiger partial charge in [-0.05, 0) is 23.8 Å². The highest BCUT2D eigenvalue weighted by Gasteiger charge is 2.20. The smallest absolute Gasteiger partial charge is 0.293 e. The first-order valence-corrected chi connectivity index (χ1v) is 3.34. The maximum Gasteiger partial charge on any atom is 0.293 e. The van der Waals surface area contributed by atoms with Crippen molar-refractivity contribution in [3.63, 3.8) is 0 Å².